The Kier molecular flexibility index (Phi) is 11.4. The highest BCUT2D eigenvalue weighted by atomic mass is 32.1. The molecular formula is C29H40N2O3S. The first-order valence-corrected chi connectivity index (χ1v) is 13.2. The molecule has 190 valence electrons. The SMILES string of the molecule is C=C/C(=C\C=C(/C)C1(C(=O)N(CCC/C(=C/C=C\C)CCC)Cc2nc(C=O)c(C)s2)CC1)OC. The standard InChI is InChI=1S/C29H40N2O3S/c1-7-10-13-24(12-8-2)14-11-19-31(20-27-30-26(21-32)23(5)35-27)28(33)29(17-18-29)22(4)15-16-25(9-3)34-6/h7,9-10,13,15-16,21H,3,8,11-12,14,17-20H2,1-2,4-6H3/b10-7-,22-15+,24-13+,25-16+. The molecule has 1 aliphatic carbocycles. The maximum Gasteiger partial charge on any atom is 0.233 e. The van der Waals surface area contributed by atoms with E-state index in [0.717, 1.165) is 60.3 Å². The molecule has 0 saturated heterocycles. The summed E-state index contributed by atoms with van der Waals surface area (Å²) in [5, 5.41) is 0.807. The molecule has 0 N–H and O–H groups in total. The summed E-state index contributed by atoms with van der Waals surface area (Å²) < 4.78 is 5.27. The molecule has 1 aromatic rings. The number of carbonyl (C=O) groups excluding carboxylic acids is 2. The lowest BCUT2D eigenvalue weighted by Gasteiger charge is -2.27. The third-order valence-electron chi connectivity index (χ3n) is 6.47. The Morgan fingerprint density at radius 3 is 2.54 bits per heavy atom. The second-order valence-corrected chi connectivity index (χ2v) is 10.3. The highest BCUT2D eigenvalue weighted by molar-refractivity contribution is 7.11. The molecule has 35 heavy (non-hydrogen) atoms. The molecular weight excluding hydrogens is 456 g/mol. The van der Waals surface area contributed by atoms with Gasteiger partial charge >= 0.3 is 0 Å². The van der Waals surface area contributed by atoms with Gasteiger partial charge in [-0.25, -0.2) is 4.98 Å². The van der Waals surface area contributed by atoms with Crippen LogP contribution in [0.4, 0.5) is 0 Å². The zero-order valence-corrected chi connectivity index (χ0v) is 22.7. The maximum absolute atomic E-state index is 13.9. The summed E-state index contributed by atoms with van der Waals surface area (Å²) in [5.41, 5.74) is 2.44. The van der Waals surface area contributed by atoms with Gasteiger partial charge < -0.3 is 9.64 Å². The van der Waals surface area contributed by atoms with Crippen LogP contribution < -0.4 is 0 Å². The third-order valence-corrected chi connectivity index (χ3v) is 7.44. The van der Waals surface area contributed by atoms with E-state index in [1.54, 1.807) is 13.2 Å². The topological polar surface area (TPSA) is 59.5 Å². The number of thiazole rings is 1. The summed E-state index contributed by atoms with van der Waals surface area (Å²) in [5.74, 6) is 0.813. The number of aldehydes is 1. The second-order valence-electron chi connectivity index (χ2n) is 9.01. The van der Waals surface area contributed by atoms with Crippen LogP contribution in [0.3, 0.4) is 0 Å². The van der Waals surface area contributed by atoms with Gasteiger partial charge in [0.25, 0.3) is 0 Å². The van der Waals surface area contributed by atoms with E-state index in [9.17, 15) is 9.59 Å². The Balaban J connectivity index is 2.25. The quantitative estimate of drug-likeness (QED) is 0.147. The normalized spacial score (nSPS) is 15.9. The van der Waals surface area contributed by atoms with E-state index in [1.807, 2.05) is 43.9 Å². The lowest BCUT2D eigenvalue weighted by atomic mass is 9.94. The van der Waals surface area contributed by atoms with Gasteiger partial charge in [0, 0.05) is 11.4 Å². The number of ether oxygens (including phenoxy) is 1. The van der Waals surface area contributed by atoms with Gasteiger partial charge in [0.2, 0.25) is 5.91 Å². The summed E-state index contributed by atoms with van der Waals surface area (Å²) in [4.78, 5) is 32.5. The minimum Gasteiger partial charge on any atom is -0.497 e. The molecule has 0 unspecified atom stereocenters. The molecule has 1 amide bonds. The van der Waals surface area contributed by atoms with E-state index in [2.05, 4.69) is 30.6 Å². The second kappa shape index (κ2) is 14.0. The van der Waals surface area contributed by atoms with Crippen molar-refractivity contribution in [2.75, 3.05) is 13.7 Å². The number of nitrogens with zero attached hydrogens (tertiary/aromatic N) is 2. The largest absolute Gasteiger partial charge is 0.497 e. The van der Waals surface area contributed by atoms with Gasteiger partial charge in [-0.3, -0.25) is 9.59 Å². The molecule has 0 atom stereocenters. The Labute approximate surface area is 215 Å². The van der Waals surface area contributed by atoms with Crippen LogP contribution in [-0.4, -0.2) is 35.7 Å². The lowest BCUT2D eigenvalue weighted by Crippen LogP contribution is -2.38. The smallest absolute Gasteiger partial charge is 0.233 e. The van der Waals surface area contributed by atoms with Crippen LogP contribution in [0.2, 0.25) is 0 Å². The summed E-state index contributed by atoms with van der Waals surface area (Å²) in [6.45, 7) is 13.0. The highest BCUT2D eigenvalue weighted by Crippen LogP contribution is 2.53. The van der Waals surface area contributed by atoms with E-state index in [1.165, 1.54) is 16.9 Å². The number of aromatic nitrogens is 1. The van der Waals surface area contributed by atoms with Crippen LogP contribution in [0.15, 0.2) is 59.9 Å². The van der Waals surface area contributed by atoms with Gasteiger partial charge in [0.1, 0.15) is 16.5 Å². The highest BCUT2D eigenvalue weighted by Gasteiger charge is 2.52. The van der Waals surface area contributed by atoms with Crippen molar-refractivity contribution in [3.63, 3.8) is 0 Å². The van der Waals surface area contributed by atoms with Crippen LogP contribution in [0.1, 0.15) is 79.7 Å². The number of aryl methyl sites for hydroxylation is 1. The molecule has 1 heterocycles. The summed E-state index contributed by atoms with van der Waals surface area (Å²) in [6.07, 6.45) is 18.3. The first-order valence-electron chi connectivity index (χ1n) is 12.4. The number of amides is 1. The van der Waals surface area contributed by atoms with Gasteiger partial charge in [-0.1, -0.05) is 55.4 Å². The van der Waals surface area contributed by atoms with Crippen molar-refractivity contribution >= 4 is 23.5 Å². The fourth-order valence-corrected chi connectivity index (χ4v) is 5.11. The van der Waals surface area contributed by atoms with Gasteiger partial charge in [-0.2, -0.15) is 0 Å². The molecule has 0 bridgehead atoms. The molecule has 1 saturated carbocycles. The number of rotatable bonds is 15. The van der Waals surface area contributed by atoms with Crippen LogP contribution in [0, 0.1) is 12.3 Å². The molecule has 1 fully saturated rings. The average Bonchev–Trinajstić information content (AvgIpc) is 3.59. The van der Waals surface area contributed by atoms with Crippen LogP contribution >= 0.6 is 11.3 Å². The number of allylic oxidation sites excluding steroid dienone is 7. The van der Waals surface area contributed by atoms with Crippen molar-refractivity contribution in [3.05, 3.63) is 75.5 Å². The Morgan fingerprint density at radius 1 is 1.26 bits per heavy atom. The average molecular weight is 497 g/mol. The third kappa shape index (κ3) is 7.89. The van der Waals surface area contributed by atoms with Crippen molar-refractivity contribution in [2.24, 2.45) is 5.41 Å². The molecule has 2 rings (SSSR count). The Hall–Kier alpha value is -2.73. The minimum absolute atomic E-state index is 0.146. The maximum atomic E-state index is 13.9. The predicted molar refractivity (Wildman–Crippen MR) is 145 cm³/mol. The van der Waals surface area contributed by atoms with E-state index in [0.29, 0.717) is 24.5 Å². The van der Waals surface area contributed by atoms with Crippen molar-refractivity contribution in [1.82, 2.24) is 9.88 Å². The van der Waals surface area contributed by atoms with Gasteiger partial charge in [0.05, 0.1) is 19.1 Å². The number of hydrogen-bond donors (Lipinski definition) is 0. The molecule has 0 aromatic carbocycles. The van der Waals surface area contributed by atoms with Crippen molar-refractivity contribution in [1.29, 1.82) is 0 Å². The van der Waals surface area contributed by atoms with Crippen molar-refractivity contribution in [2.45, 2.75) is 72.8 Å². The minimum atomic E-state index is -0.469. The van der Waals surface area contributed by atoms with Crippen molar-refractivity contribution in [3.8, 4) is 0 Å². The molecule has 1 aromatic heterocycles. The molecule has 0 spiro atoms. The molecule has 0 aliphatic heterocycles. The van der Waals surface area contributed by atoms with E-state index in [-0.39, 0.29) is 5.91 Å². The molecule has 0 radical (unpaired) electrons. The van der Waals surface area contributed by atoms with Crippen molar-refractivity contribution < 1.29 is 14.3 Å². The molecule has 1 aliphatic rings. The summed E-state index contributed by atoms with van der Waals surface area (Å²) in [7, 11) is 1.61. The van der Waals surface area contributed by atoms with Gasteiger partial charge in [0.15, 0.2) is 6.29 Å². The fraction of sp³-hybridized carbons (Fsp3) is 0.483. The zero-order chi connectivity index (χ0) is 25.8. The van der Waals surface area contributed by atoms with Crippen LogP contribution in [0.25, 0.3) is 0 Å². The monoisotopic (exact) mass is 496 g/mol. The van der Waals surface area contributed by atoms with E-state index >= 15 is 0 Å². The first-order chi connectivity index (χ1) is 16.8. The van der Waals surface area contributed by atoms with Crippen LogP contribution in [-0.2, 0) is 16.1 Å². The number of hydrogen-bond acceptors (Lipinski definition) is 5. The zero-order valence-electron chi connectivity index (χ0n) is 21.9. The van der Waals surface area contributed by atoms with E-state index in [4.69, 9.17) is 4.74 Å². The van der Waals surface area contributed by atoms with Gasteiger partial charge in [-0.05, 0) is 65.0 Å². The fourth-order valence-electron chi connectivity index (χ4n) is 4.19. The summed E-state index contributed by atoms with van der Waals surface area (Å²) >= 11 is 1.49. The Bertz CT molecular complexity index is 1010. The molecule has 5 nitrogen and oxygen atoms in total. The Morgan fingerprint density at radius 2 is 2.00 bits per heavy atom. The number of carbonyl (C=O) groups is 2. The van der Waals surface area contributed by atoms with E-state index < -0.39 is 5.41 Å². The van der Waals surface area contributed by atoms with Gasteiger partial charge in [-0.15, -0.1) is 11.3 Å². The lowest BCUT2D eigenvalue weighted by molar-refractivity contribution is -0.136. The first kappa shape index (κ1) is 28.5. The molecule has 6 heteroatoms. The number of methoxy groups -OCH3 is 1. The summed E-state index contributed by atoms with van der Waals surface area (Å²) in [6, 6.07) is 0. The van der Waals surface area contributed by atoms with Crippen LogP contribution in [0.5, 0.6) is 0 Å². The predicted octanol–water partition coefficient (Wildman–Crippen LogP) is 7.12.